The van der Waals surface area contributed by atoms with Gasteiger partial charge in [-0.05, 0) is 26.3 Å². The van der Waals surface area contributed by atoms with E-state index in [0.717, 1.165) is 12.8 Å². The van der Waals surface area contributed by atoms with Crippen LogP contribution in [0.1, 0.15) is 25.7 Å². The minimum absolute atomic E-state index is 0.157. The molecule has 1 heterocycles. The van der Waals surface area contributed by atoms with Gasteiger partial charge in [-0.2, -0.15) is 0 Å². The molecule has 1 aliphatic heterocycles. The van der Waals surface area contributed by atoms with Gasteiger partial charge in [0.25, 0.3) is 5.92 Å². The van der Waals surface area contributed by atoms with Gasteiger partial charge in [0.05, 0.1) is 6.54 Å². The molecule has 0 aromatic heterocycles. The molecule has 2 aliphatic rings. The number of alkyl halides is 2. The van der Waals surface area contributed by atoms with Crippen molar-refractivity contribution in [2.45, 2.75) is 37.6 Å². The van der Waals surface area contributed by atoms with Crippen molar-refractivity contribution in [3.8, 4) is 11.8 Å². The molecule has 2 atom stereocenters. The number of methoxy groups -OCH3 is 1. The summed E-state index contributed by atoms with van der Waals surface area (Å²) in [5.74, 6) is 1.63. The maximum Gasteiger partial charge on any atom is 0.259 e. The number of ether oxygens (including phenoxy) is 1. The topological polar surface area (TPSA) is 32.8 Å². The number of halogens is 2. The summed E-state index contributed by atoms with van der Waals surface area (Å²) in [4.78, 5) is 15.9. The number of likely N-dealkylation sites (N-methyl/N-ethyl adjacent to an activating group) is 1. The van der Waals surface area contributed by atoms with Crippen LogP contribution in [0.5, 0.6) is 0 Å². The Morgan fingerprint density at radius 2 is 2.18 bits per heavy atom. The number of carbonyl (C=O) groups excluding carboxylic acids is 1. The molecule has 0 aromatic rings. The number of carbonyl (C=O) groups is 1. The third-order valence-electron chi connectivity index (χ3n) is 4.58. The smallest absolute Gasteiger partial charge is 0.259 e. The molecule has 1 amide bonds. The predicted octanol–water partition coefficient (Wildman–Crippen LogP) is 1.60. The van der Waals surface area contributed by atoms with E-state index in [0.29, 0.717) is 32.7 Å². The molecule has 0 N–H and O–H groups in total. The predicted molar refractivity (Wildman–Crippen MR) is 79.6 cm³/mol. The summed E-state index contributed by atoms with van der Waals surface area (Å²) < 4.78 is 31.7. The van der Waals surface area contributed by atoms with E-state index < -0.39 is 11.8 Å². The van der Waals surface area contributed by atoms with E-state index in [1.807, 2.05) is 7.05 Å². The SMILES string of the molecule is COCC#CCN(C)C1CCCN(C(=O)C2CCC2(F)F)C1. The first-order valence-electron chi connectivity index (χ1n) is 7.77. The maximum absolute atomic E-state index is 13.4. The van der Waals surface area contributed by atoms with E-state index in [2.05, 4.69) is 16.7 Å². The molecule has 0 bridgehead atoms. The first-order chi connectivity index (χ1) is 10.5. The van der Waals surface area contributed by atoms with Crippen molar-refractivity contribution in [1.82, 2.24) is 9.80 Å². The Morgan fingerprint density at radius 1 is 1.41 bits per heavy atom. The number of hydrogen-bond acceptors (Lipinski definition) is 3. The second-order valence-electron chi connectivity index (χ2n) is 6.13. The number of amides is 1. The lowest BCUT2D eigenvalue weighted by Gasteiger charge is -2.42. The fourth-order valence-electron chi connectivity index (χ4n) is 2.98. The van der Waals surface area contributed by atoms with Crippen molar-refractivity contribution in [1.29, 1.82) is 0 Å². The van der Waals surface area contributed by atoms with Crippen molar-refractivity contribution in [2.24, 2.45) is 5.92 Å². The molecule has 22 heavy (non-hydrogen) atoms. The van der Waals surface area contributed by atoms with Crippen molar-refractivity contribution in [3.05, 3.63) is 0 Å². The number of hydrogen-bond donors (Lipinski definition) is 0. The highest BCUT2D eigenvalue weighted by molar-refractivity contribution is 5.81. The van der Waals surface area contributed by atoms with E-state index in [1.165, 1.54) is 0 Å². The fraction of sp³-hybridized carbons (Fsp3) is 0.812. The van der Waals surface area contributed by atoms with Crippen LogP contribution in [0.3, 0.4) is 0 Å². The molecule has 1 saturated heterocycles. The lowest BCUT2D eigenvalue weighted by Crippen LogP contribution is -2.55. The van der Waals surface area contributed by atoms with Crippen LogP contribution >= 0.6 is 0 Å². The molecule has 1 saturated carbocycles. The minimum Gasteiger partial charge on any atom is -0.372 e. The minimum atomic E-state index is -2.80. The highest BCUT2D eigenvalue weighted by Gasteiger charge is 2.53. The summed E-state index contributed by atoms with van der Waals surface area (Å²) in [5.41, 5.74) is 0. The van der Waals surface area contributed by atoms with E-state index in [4.69, 9.17) is 4.74 Å². The fourth-order valence-corrected chi connectivity index (χ4v) is 2.98. The molecule has 2 fully saturated rings. The lowest BCUT2D eigenvalue weighted by molar-refractivity contribution is -0.173. The Kier molecular flexibility index (Phi) is 5.76. The van der Waals surface area contributed by atoms with Gasteiger partial charge < -0.3 is 9.64 Å². The van der Waals surface area contributed by atoms with Crippen molar-refractivity contribution < 1.29 is 18.3 Å². The zero-order valence-electron chi connectivity index (χ0n) is 13.3. The van der Waals surface area contributed by atoms with Crippen LogP contribution < -0.4 is 0 Å². The van der Waals surface area contributed by atoms with Gasteiger partial charge in [0.1, 0.15) is 12.5 Å². The summed E-state index contributed by atoms with van der Waals surface area (Å²) in [5, 5.41) is 0. The van der Waals surface area contributed by atoms with Crippen LogP contribution in [0, 0.1) is 17.8 Å². The molecule has 0 radical (unpaired) electrons. The highest BCUT2D eigenvalue weighted by Crippen LogP contribution is 2.44. The summed E-state index contributed by atoms with van der Waals surface area (Å²) in [6, 6.07) is 0.184. The average molecular weight is 314 g/mol. The third-order valence-corrected chi connectivity index (χ3v) is 4.58. The number of rotatable bonds is 4. The maximum atomic E-state index is 13.4. The Hall–Kier alpha value is -1.19. The molecular weight excluding hydrogens is 290 g/mol. The van der Waals surface area contributed by atoms with Gasteiger partial charge in [0.15, 0.2) is 0 Å². The molecular formula is C16H24F2N2O2. The van der Waals surface area contributed by atoms with Gasteiger partial charge in [-0.1, -0.05) is 11.8 Å². The standard InChI is InChI=1S/C16H24F2N2O2/c1-19(9-3-4-11-22-2)13-6-5-10-20(12-13)15(21)14-7-8-16(14,17)18/h13-14H,5-12H2,1-2H3. The molecule has 1 aliphatic carbocycles. The van der Waals surface area contributed by atoms with Crippen LogP contribution in [0.4, 0.5) is 8.78 Å². The first kappa shape index (κ1) is 17.2. The van der Waals surface area contributed by atoms with Gasteiger partial charge >= 0.3 is 0 Å². The van der Waals surface area contributed by atoms with E-state index in [9.17, 15) is 13.6 Å². The first-order valence-corrected chi connectivity index (χ1v) is 7.77. The van der Waals surface area contributed by atoms with Gasteiger partial charge in [-0.25, -0.2) is 8.78 Å². The molecule has 0 aromatic carbocycles. The summed E-state index contributed by atoms with van der Waals surface area (Å²) in [7, 11) is 3.55. The van der Waals surface area contributed by atoms with Gasteiger partial charge in [-0.15, -0.1) is 0 Å². The van der Waals surface area contributed by atoms with Crippen LogP contribution in [0.25, 0.3) is 0 Å². The average Bonchev–Trinajstić information content (AvgIpc) is 2.50. The second-order valence-corrected chi connectivity index (χ2v) is 6.13. The van der Waals surface area contributed by atoms with Crippen molar-refractivity contribution >= 4 is 5.91 Å². The zero-order valence-corrected chi connectivity index (χ0v) is 13.3. The third kappa shape index (κ3) is 3.96. The lowest BCUT2D eigenvalue weighted by atomic mass is 9.79. The Balaban J connectivity index is 1.86. The van der Waals surface area contributed by atoms with E-state index >= 15 is 0 Å². The summed E-state index contributed by atoms with van der Waals surface area (Å²) in [6.07, 6.45) is 1.97. The van der Waals surface area contributed by atoms with Crippen LogP contribution in [0.15, 0.2) is 0 Å². The van der Waals surface area contributed by atoms with Gasteiger partial charge in [0.2, 0.25) is 5.91 Å². The Morgan fingerprint density at radius 3 is 2.77 bits per heavy atom. The number of likely N-dealkylation sites (tertiary alicyclic amines) is 1. The Labute approximate surface area is 130 Å². The van der Waals surface area contributed by atoms with E-state index in [1.54, 1.807) is 12.0 Å². The van der Waals surface area contributed by atoms with Crippen LogP contribution in [-0.4, -0.2) is 68.1 Å². The quantitative estimate of drug-likeness (QED) is 0.739. The van der Waals surface area contributed by atoms with Gasteiger partial charge in [0, 0.05) is 32.7 Å². The van der Waals surface area contributed by atoms with Crippen LogP contribution in [0.2, 0.25) is 0 Å². The van der Waals surface area contributed by atoms with Gasteiger partial charge in [-0.3, -0.25) is 9.69 Å². The van der Waals surface area contributed by atoms with Crippen LogP contribution in [-0.2, 0) is 9.53 Å². The monoisotopic (exact) mass is 314 g/mol. The number of nitrogens with zero attached hydrogens (tertiary/aromatic N) is 2. The second kappa shape index (κ2) is 7.38. The summed E-state index contributed by atoms with van der Waals surface area (Å²) >= 11 is 0. The largest absolute Gasteiger partial charge is 0.372 e. The molecule has 4 nitrogen and oxygen atoms in total. The molecule has 0 spiro atoms. The van der Waals surface area contributed by atoms with Crippen molar-refractivity contribution in [3.63, 3.8) is 0 Å². The molecule has 124 valence electrons. The zero-order chi connectivity index (χ0) is 16.2. The highest BCUT2D eigenvalue weighted by atomic mass is 19.3. The Bertz CT molecular complexity index is 459. The molecule has 2 rings (SSSR count). The normalized spacial score (nSPS) is 27.0. The summed E-state index contributed by atoms with van der Waals surface area (Å²) in [6.45, 7) is 2.11. The number of piperidine rings is 1. The van der Waals surface area contributed by atoms with E-state index in [-0.39, 0.29) is 18.4 Å². The van der Waals surface area contributed by atoms with Crippen molar-refractivity contribution in [2.75, 3.05) is 40.4 Å². The molecule has 6 heteroatoms. The molecule has 2 unspecified atom stereocenters.